The molecule has 27 heavy (non-hydrogen) atoms. The normalized spacial score (nSPS) is 15.4. The second-order valence-electron chi connectivity index (χ2n) is 6.82. The Bertz CT molecular complexity index is 948. The van der Waals surface area contributed by atoms with Crippen LogP contribution in [0.3, 0.4) is 0 Å². The molecule has 1 aliphatic rings. The number of ether oxygens (including phenoxy) is 1. The Morgan fingerprint density at radius 2 is 2.15 bits per heavy atom. The van der Waals surface area contributed by atoms with Crippen molar-refractivity contribution in [2.24, 2.45) is 5.92 Å². The van der Waals surface area contributed by atoms with Crippen LogP contribution in [0.1, 0.15) is 31.9 Å². The number of hydrogen-bond donors (Lipinski definition) is 0. The zero-order chi connectivity index (χ0) is 18.6. The summed E-state index contributed by atoms with van der Waals surface area (Å²) in [5, 5.41) is 5.37. The Hall–Kier alpha value is -2.48. The summed E-state index contributed by atoms with van der Waals surface area (Å²) in [6.07, 6.45) is 5.61. The van der Waals surface area contributed by atoms with E-state index in [9.17, 15) is 4.79 Å². The van der Waals surface area contributed by atoms with E-state index in [2.05, 4.69) is 26.9 Å². The number of aryl methyl sites for hydroxylation is 1. The van der Waals surface area contributed by atoms with E-state index in [4.69, 9.17) is 4.74 Å². The minimum atomic E-state index is -0.0930. The molecule has 0 unspecified atom stereocenters. The predicted octanol–water partition coefficient (Wildman–Crippen LogP) is 2.79. The molecule has 1 fully saturated rings. The number of piperidine rings is 1. The van der Waals surface area contributed by atoms with Crippen LogP contribution in [0, 0.1) is 5.92 Å². The largest absolute Gasteiger partial charge is 0.477 e. The Balaban J connectivity index is 1.39. The lowest BCUT2D eigenvalue weighted by Crippen LogP contribution is -2.35. The van der Waals surface area contributed by atoms with Crippen LogP contribution in [-0.4, -0.2) is 39.3 Å². The molecule has 8 heteroatoms. The zero-order valence-electron chi connectivity index (χ0n) is 15.4. The van der Waals surface area contributed by atoms with Crippen molar-refractivity contribution in [3.05, 3.63) is 46.5 Å². The van der Waals surface area contributed by atoms with E-state index in [1.165, 1.54) is 15.9 Å². The van der Waals surface area contributed by atoms with Gasteiger partial charge < -0.3 is 9.64 Å². The van der Waals surface area contributed by atoms with E-state index in [1.54, 1.807) is 12.3 Å². The fraction of sp³-hybridized carbons (Fsp3) is 0.474. The summed E-state index contributed by atoms with van der Waals surface area (Å²) in [6.45, 7) is 4.59. The van der Waals surface area contributed by atoms with Crippen molar-refractivity contribution in [2.75, 3.05) is 24.6 Å². The van der Waals surface area contributed by atoms with Crippen molar-refractivity contribution in [1.29, 1.82) is 0 Å². The smallest absolute Gasteiger partial charge is 0.275 e. The first-order chi connectivity index (χ1) is 13.2. The quantitative estimate of drug-likeness (QED) is 0.650. The summed E-state index contributed by atoms with van der Waals surface area (Å²) < 4.78 is 7.21. The lowest BCUT2D eigenvalue weighted by Gasteiger charge is -2.31. The first-order valence-corrected chi connectivity index (χ1v) is 10.2. The van der Waals surface area contributed by atoms with Gasteiger partial charge in [0.15, 0.2) is 0 Å². The predicted molar refractivity (Wildman–Crippen MR) is 106 cm³/mol. The molecule has 0 amide bonds. The van der Waals surface area contributed by atoms with Gasteiger partial charge in [-0.05, 0) is 31.2 Å². The monoisotopic (exact) mass is 385 g/mol. The second kappa shape index (κ2) is 8.04. The van der Waals surface area contributed by atoms with Crippen LogP contribution in [-0.2, 0) is 6.42 Å². The van der Waals surface area contributed by atoms with E-state index in [0.29, 0.717) is 23.4 Å². The fourth-order valence-electron chi connectivity index (χ4n) is 3.28. The van der Waals surface area contributed by atoms with Gasteiger partial charge in [-0.15, -0.1) is 5.10 Å². The van der Waals surface area contributed by atoms with Gasteiger partial charge in [0.1, 0.15) is 0 Å². The third kappa shape index (κ3) is 4.10. The van der Waals surface area contributed by atoms with E-state index >= 15 is 0 Å². The maximum atomic E-state index is 12.3. The molecular weight excluding hydrogens is 362 g/mol. The summed E-state index contributed by atoms with van der Waals surface area (Å²) in [6, 6.07) is 7.30. The molecule has 0 atom stereocenters. The molecule has 4 heterocycles. The minimum absolute atomic E-state index is 0.0930. The standard InChI is InChI=1S/C19H23N5O2S/c1-2-5-15-12-17(25)24-18(21-15)27-19(22-24)23-10-7-14(8-11-23)13-26-16-6-3-4-9-20-16/h3-4,6,9,12,14H,2,5,7-8,10-11,13H2,1H3. The second-order valence-corrected chi connectivity index (χ2v) is 7.76. The summed E-state index contributed by atoms with van der Waals surface area (Å²) in [5.74, 6) is 1.19. The average Bonchev–Trinajstić information content (AvgIpc) is 3.13. The summed E-state index contributed by atoms with van der Waals surface area (Å²) >= 11 is 1.49. The van der Waals surface area contributed by atoms with Crippen molar-refractivity contribution in [3.8, 4) is 5.88 Å². The topological polar surface area (TPSA) is 72.6 Å². The third-order valence-corrected chi connectivity index (χ3v) is 5.75. The van der Waals surface area contributed by atoms with Crippen LogP contribution in [0.25, 0.3) is 4.96 Å². The van der Waals surface area contributed by atoms with Gasteiger partial charge in [0, 0.05) is 37.1 Å². The van der Waals surface area contributed by atoms with Crippen LogP contribution in [0.15, 0.2) is 35.3 Å². The van der Waals surface area contributed by atoms with Crippen molar-refractivity contribution in [3.63, 3.8) is 0 Å². The highest BCUT2D eigenvalue weighted by Crippen LogP contribution is 2.27. The number of anilines is 1. The van der Waals surface area contributed by atoms with Crippen molar-refractivity contribution in [1.82, 2.24) is 19.6 Å². The van der Waals surface area contributed by atoms with Crippen LogP contribution in [0.5, 0.6) is 5.88 Å². The number of rotatable bonds is 6. The van der Waals surface area contributed by atoms with Gasteiger partial charge in [-0.2, -0.15) is 4.52 Å². The highest BCUT2D eigenvalue weighted by Gasteiger charge is 2.23. The van der Waals surface area contributed by atoms with E-state index in [1.807, 2.05) is 18.2 Å². The van der Waals surface area contributed by atoms with Crippen LogP contribution < -0.4 is 15.2 Å². The highest BCUT2D eigenvalue weighted by molar-refractivity contribution is 7.20. The van der Waals surface area contributed by atoms with Gasteiger partial charge in [-0.3, -0.25) is 4.79 Å². The van der Waals surface area contributed by atoms with Gasteiger partial charge in [0.25, 0.3) is 5.56 Å². The molecule has 7 nitrogen and oxygen atoms in total. The molecule has 142 valence electrons. The summed E-state index contributed by atoms with van der Waals surface area (Å²) in [7, 11) is 0. The number of pyridine rings is 1. The molecule has 3 aromatic heterocycles. The Labute approximate surface area is 161 Å². The number of nitrogens with zero attached hydrogens (tertiary/aromatic N) is 5. The molecule has 0 bridgehead atoms. The number of hydrogen-bond acceptors (Lipinski definition) is 7. The van der Waals surface area contributed by atoms with E-state index in [-0.39, 0.29) is 5.56 Å². The van der Waals surface area contributed by atoms with Gasteiger partial charge in [-0.25, -0.2) is 9.97 Å². The molecule has 0 aliphatic carbocycles. The highest BCUT2D eigenvalue weighted by atomic mass is 32.1. The molecule has 4 rings (SSSR count). The first-order valence-electron chi connectivity index (χ1n) is 9.41. The lowest BCUT2D eigenvalue weighted by atomic mass is 9.98. The maximum Gasteiger partial charge on any atom is 0.275 e. The van der Waals surface area contributed by atoms with E-state index < -0.39 is 0 Å². The van der Waals surface area contributed by atoms with Crippen molar-refractivity contribution >= 4 is 21.4 Å². The maximum absolute atomic E-state index is 12.3. The molecule has 0 N–H and O–H groups in total. The molecular formula is C19H23N5O2S. The Kier molecular flexibility index (Phi) is 5.33. The van der Waals surface area contributed by atoms with Gasteiger partial charge >= 0.3 is 0 Å². The first kappa shape index (κ1) is 17.9. The van der Waals surface area contributed by atoms with Crippen molar-refractivity contribution < 1.29 is 4.74 Å². The van der Waals surface area contributed by atoms with Gasteiger partial charge in [0.05, 0.1) is 6.61 Å². The average molecular weight is 385 g/mol. The lowest BCUT2D eigenvalue weighted by molar-refractivity contribution is 0.216. The SMILES string of the molecule is CCCc1cc(=O)n2nc(N3CCC(COc4ccccn4)CC3)sc2n1. The molecule has 0 spiro atoms. The van der Waals surface area contributed by atoms with Crippen LogP contribution in [0.2, 0.25) is 0 Å². The summed E-state index contributed by atoms with van der Waals surface area (Å²) in [5.41, 5.74) is 0.757. The zero-order valence-corrected chi connectivity index (χ0v) is 16.2. The molecule has 1 saturated heterocycles. The Morgan fingerprint density at radius 3 is 2.89 bits per heavy atom. The molecule has 3 aromatic rings. The van der Waals surface area contributed by atoms with Gasteiger partial charge in [-0.1, -0.05) is 30.7 Å². The Morgan fingerprint density at radius 1 is 1.30 bits per heavy atom. The fourth-order valence-corrected chi connectivity index (χ4v) is 4.26. The minimum Gasteiger partial charge on any atom is -0.477 e. The van der Waals surface area contributed by atoms with Crippen LogP contribution in [0.4, 0.5) is 5.13 Å². The van der Waals surface area contributed by atoms with Crippen molar-refractivity contribution in [2.45, 2.75) is 32.6 Å². The number of aromatic nitrogens is 4. The molecule has 1 aliphatic heterocycles. The number of fused-ring (bicyclic) bond motifs is 1. The van der Waals surface area contributed by atoms with Crippen LogP contribution >= 0.6 is 11.3 Å². The third-order valence-electron chi connectivity index (χ3n) is 4.78. The molecule has 0 saturated carbocycles. The molecule has 0 aromatic carbocycles. The van der Waals surface area contributed by atoms with Gasteiger partial charge in [0.2, 0.25) is 16.0 Å². The van der Waals surface area contributed by atoms with E-state index in [0.717, 1.165) is 49.6 Å². The summed E-state index contributed by atoms with van der Waals surface area (Å²) in [4.78, 5) is 24.0. The molecule has 0 radical (unpaired) electrons.